The van der Waals surface area contributed by atoms with Crippen LogP contribution in [0.3, 0.4) is 0 Å². The van der Waals surface area contributed by atoms with Gasteiger partial charge in [-0.25, -0.2) is 9.59 Å². The standard InChI is InChI=1S/C13H20O8/c1-7(19-8(2)14)12(18)20-9(11(16)17)6-10(15)21-13(3,4)5/h7,9H,6H2,1-5H3,(H,16,17)/t7-,9-/m0/s1. The van der Waals surface area contributed by atoms with Crippen molar-refractivity contribution >= 4 is 23.9 Å². The Morgan fingerprint density at radius 2 is 1.62 bits per heavy atom. The molecule has 8 nitrogen and oxygen atoms in total. The fourth-order valence-corrected chi connectivity index (χ4v) is 1.25. The second-order valence-corrected chi connectivity index (χ2v) is 5.31. The van der Waals surface area contributed by atoms with E-state index in [-0.39, 0.29) is 0 Å². The van der Waals surface area contributed by atoms with Crippen molar-refractivity contribution in [3.05, 3.63) is 0 Å². The predicted octanol–water partition coefficient (Wildman–Crippen LogP) is 0.666. The normalized spacial score (nSPS) is 13.8. The zero-order valence-electron chi connectivity index (χ0n) is 12.7. The lowest BCUT2D eigenvalue weighted by atomic mass is 10.2. The molecule has 0 aliphatic carbocycles. The Hall–Kier alpha value is -2.12. The van der Waals surface area contributed by atoms with Crippen molar-refractivity contribution in [3.8, 4) is 0 Å². The van der Waals surface area contributed by atoms with E-state index in [9.17, 15) is 19.2 Å². The first-order valence-corrected chi connectivity index (χ1v) is 6.24. The average Bonchev–Trinajstić information content (AvgIpc) is 2.23. The monoisotopic (exact) mass is 304 g/mol. The molecule has 0 spiro atoms. The smallest absolute Gasteiger partial charge is 0.348 e. The first kappa shape index (κ1) is 18.9. The molecule has 0 aromatic rings. The number of carboxylic acid groups (broad SMARTS) is 1. The quantitative estimate of drug-likeness (QED) is 0.562. The maximum Gasteiger partial charge on any atom is 0.348 e. The molecule has 1 N–H and O–H groups in total. The van der Waals surface area contributed by atoms with Crippen molar-refractivity contribution in [1.82, 2.24) is 0 Å². The summed E-state index contributed by atoms with van der Waals surface area (Å²) in [6.45, 7) is 7.19. The molecule has 8 heteroatoms. The summed E-state index contributed by atoms with van der Waals surface area (Å²) >= 11 is 0. The molecule has 0 aromatic heterocycles. The van der Waals surface area contributed by atoms with E-state index in [2.05, 4.69) is 9.47 Å². The molecular weight excluding hydrogens is 284 g/mol. The highest BCUT2D eigenvalue weighted by Gasteiger charge is 2.30. The number of esters is 3. The molecule has 0 saturated heterocycles. The second-order valence-electron chi connectivity index (χ2n) is 5.31. The summed E-state index contributed by atoms with van der Waals surface area (Å²) in [5, 5.41) is 8.94. The van der Waals surface area contributed by atoms with Crippen LogP contribution in [-0.4, -0.2) is 46.8 Å². The van der Waals surface area contributed by atoms with E-state index in [1.165, 1.54) is 6.92 Å². The number of carbonyl (C=O) groups excluding carboxylic acids is 3. The molecule has 0 radical (unpaired) electrons. The molecule has 2 atom stereocenters. The van der Waals surface area contributed by atoms with Gasteiger partial charge in [0.15, 0.2) is 6.10 Å². The van der Waals surface area contributed by atoms with E-state index in [0.29, 0.717) is 0 Å². The van der Waals surface area contributed by atoms with Crippen molar-refractivity contribution in [1.29, 1.82) is 0 Å². The molecule has 0 aliphatic rings. The SMILES string of the molecule is CC(=O)O[C@@H](C)C(=O)O[C@@H](CC(=O)OC(C)(C)C)C(=O)O. The Kier molecular flexibility index (Phi) is 6.84. The largest absolute Gasteiger partial charge is 0.478 e. The lowest BCUT2D eigenvalue weighted by Crippen LogP contribution is -2.36. The summed E-state index contributed by atoms with van der Waals surface area (Å²) in [5.74, 6) is -4.08. The molecule has 0 amide bonds. The number of carboxylic acids is 1. The van der Waals surface area contributed by atoms with Gasteiger partial charge >= 0.3 is 23.9 Å². The summed E-state index contributed by atoms with van der Waals surface area (Å²) in [7, 11) is 0. The fourth-order valence-electron chi connectivity index (χ4n) is 1.25. The van der Waals surface area contributed by atoms with Crippen molar-refractivity contribution in [3.63, 3.8) is 0 Å². The van der Waals surface area contributed by atoms with Gasteiger partial charge < -0.3 is 19.3 Å². The van der Waals surface area contributed by atoms with Gasteiger partial charge in [0.25, 0.3) is 0 Å². The van der Waals surface area contributed by atoms with Crippen molar-refractivity contribution in [2.75, 3.05) is 0 Å². The molecule has 0 bridgehead atoms. The highest BCUT2D eigenvalue weighted by molar-refractivity contribution is 5.85. The number of carbonyl (C=O) groups is 4. The van der Waals surface area contributed by atoms with E-state index in [1.807, 2.05) is 0 Å². The Morgan fingerprint density at radius 3 is 2.00 bits per heavy atom. The fraction of sp³-hybridized carbons (Fsp3) is 0.692. The summed E-state index contributed by atoms with van der Waals surface area (Å²) in [6.07, 6.45) is -3.60. The summed E-state index contributed by atoms with van der Waals surface area (Å²) < 4.78 is 14.1. The first-order chi connectivity index (χ1) is 9.42. The predicted molar refractivity (Wildman–Crippen MR) is 69.2 cm³/mol. The van der Waals surface area contributed by atoms with Gasteiger partial charge in [-0.2, -0.15) is 0 Å². The highest BCUT2D eigenvalue weighted by atomic mass is 16.6. The van der Waals surface area contributed by atoms with Crippen LogP contribution in [0.15, 0.2) is 0 Å². The van der Waals surface area contributed by atoms with Gasteiger partial charge in [-0.15, -0.1) is 0 Å². The molecule has 0 rings (SSSR count). The zero-order valence-corrected chi connectivity index (χ0v) is 12.7. The lowest BCUT2D eigenvalue weighted by molar-refractivity contribution is -0.179. The van der Waals surface area contributed by atoms with Crippen LogP contribution in [0.25, 0.3) is 0 Å². The van der Waals surface area contributed by atoms with Crippen molar-refractivity contribution in [2.24, 2.45) is 0 Å². The summed E-state index contributed by atoms with van der Waals surface area (Å²) in [4.78, 5) is 44.8. The van der Waals surface area contributed by atoms with Gasteiger partial charge in [0.05, 0.1) is 6.42 Å². The summed E-state index contributed by atoms with van der Waals surface area (Å²) in [5.41, 5.74) is -0.783. The lowest BCUT2D eigenvalue weighted by Gasteiger charge is -2.21. The van der Waals surface area contributed by atoms with Crippen molar-refractivity contribution < 1.29 is 38.5 Å². The Bertz CT molecular complexity index is 420. The second kappa shape index (κ2) is 7.61. The number of ether oxygens (including phenoxy) is 3. The number of hydrogen-bond donors (Lipinski definition) is 1. The van der Waals surface area contributed by atoms with Gasteiger partial charge in [-0.05, 0) is 27.7 Å². The van der Waals surface area contributed by atoms with Crippen molar-refractivity contribution in [2.45, 2.75) is 58.8 Å². The molecule has 0 aromatic carbocycles. The summed E-state index contributed by atoms with van der Waals surface area (Å²) in [6, 6.07) is 0. The molecule has 21 heavy (non-hydrogen) atoms. The molecular formula is C13H20O8. The van der Waals surface area contributed by atoms with E-state index in [0.717, 1.165) is 6.92 Å². The Labute approximate surface area is 122 Å². The minimum absolute atomic E-state index is 0.634. The van der Waals surface area contributed by atoms with Gasteiger partial charge in [-0.1, -0.05) is 0 Å². The van der Waals surface area contributed by atoms with Crippen LogP contribution in [0.2, 0.25) is 0 Å². The number of rotatable bonds is 6. The van der Waals surface area contributed by atoms with Crippen LogP contribution in [-0.2, 0) is 33.4 Å². The number of aliphatic carboxylic acids is 1. The van der Waals surface area contributed by atoms with Crippen LogP contribution in [0.4, 0.5) is 0 Å². The van der Waals surface area contributed by atoms with Gasteiger partial charge in [0.2, 0.25) is 6.10 Å². The topological polar surface area (TPSA) is 116 Å². The Morgan fingerprint density at radius 1 is 1.10 bits per heavy atom. The third-order valence-electron chi connectivity index (χ3n) is 1.98. The molecule has 120 valence electrons. The van der Waals surface area contributed by atoms with Crippen LogP contribution in [0.1, 0.15) is 41.0 Å². The van der Waals surface area contributed by atoms with E-state index < -0.39 is 48.1 Å². The van der Waals surface area contributed by atoms with Gasteiger partial charge in [0, 0.05) is 6.92 Å². The van der Waals surface area contributed by atoms with Gasteiger partial charge in [0.1, 0.15) is 5.60 Å². The zero-order chi connectivity index (χ0) is 16.8. The van der Waals surface area contributed by atoms with E-state index >= 15 is 0 Å². The third-order valence-corrected chi connectivity index (χ3v) is 1.98. The molecule has 0 unspecified atom stereocenters. The first-order valence-electron chi connectivity index (χ1n) is 6.24. The third kappa shape index (κ3) is 8.61. The van der Waals surface area contributed by atoms with Crippen LogP contribution in [0.5, 0.6) is 0 Å². The minimum Gasteiger partial charge on any atom is -0.478 e. The van der Waals surface area contributed by atoms with Gasteiger partial charge in [-0.3, -0.25) is 9.59 Å². The van der Waals surface area contributed by atoms with E-state index in [4.69, 9.17) is 9.84 Å². The minimum atomic E-state index is -1.70. The maximum atomic E-state index is 11.5. The molecule has 0 fully saturated rings. The van der Waals surface area contributed by atoms with Crippen LogP contribution in [0, 0.1) is 0 Å². The molecule has 0 saturated carbocycles. The average molecular weight is 304 g/mol. The number of hydrogen-bond acceptors (Lipinski definition) is 7. The Balaban J connectivity index is 4.64. The van der Waals surface area contributed by atoms with E-state index in [1.54, 1.807) is 20.8 Å². The van der Waals surface area contributed by atoms with Crippen LogP contribution < -0.4 is 0 Å². The van der Waals surface area contributed by atoms with Crippen LogP contribution >= 0.6 is 0 Å². The molecule has 0 heterocycles. The maximum absolute atomic E-state index is 11.5. The highest BCUT2D eigenvalue weighted by Crippen LogP contribution is 2.11. The molecule has 0 aliphatic heterocycles.